The zero-order chi connectivity index (χ0) is 18.0. The molecule has 0 radical (unpaired) electrons. The summed E-state index contributed by atoms with van der Waals surface area (Å²) >= 11 is 7.97. The normalized spacial score (nSPS) is 23.0. The second kappa shape index (κ2) is 7.69. The molecule has 1 saturated carbocycles. The Kier molecular flexibility index (Phi) is 5.32. The van der Waals surface area contributed by atoms with Gasteiger partial charge in [0.15, 0.2) is 0 Å². The number of halogens is 1. The quantitative estimate of drug-likeness (QED) is 0.699. The van der Waals surface area contributed by atoms with Crippen molar-refractivity contribution in [1.29, 1.82) is 0 Å². The number of thioether (sulfide) groups is 1. The van der Waals surface area contributed by atoms with Crippen LogP contribution in [-0.2, 0) is 10.2 Å². The summed E-state index contributed by atoms with van der Waals surface area (Å²) in [4.78, 5) is 15.7. The van der Waals surface area contributed by atoms with E-state index in [4.69, 9.17) is 16.0 Å². The van der Waals surface area contributed by atoms with Gasteiger partial charge in [-0.15, -0.1) is 11.8 Å². The second-order valence-corrected chi connectivity index (χ2v) is 9.00. The lowest BCUT2D eigenvalue weighted by Gasteiger charge is -2.34. The fourth-order valence-corrected chi connectivity index (χ4v) is 5.66. The molecule has 0 bridgehead atoms. The van der Waals surface area contributed by atoms with Crippen LogP contribution in [0.1, 0.15) is 48.7 Å². The minimum atomic E-state index is -0.361. The highest BCUT2D eigenvalue weighted by atomic mass is 35.5. The van der Waals surface area contributed by atoms with Crippen molar-refractivity contribution in [3.8, 4) is 0 Å². The number of carbonyl (C=O) groups excluding carboxylic acids is 1. The number of hydrogen-bond acceptors (Lipinski definition) is 3. The van der Waals surface area contributed by atoms with Crippen LogP contribution in [0.25, 0.3) is 0 Å². The molecule has 1 aromatic heterocycles. The molecular formula is C21H24ClNO2S. The Hall–Kier alpha value is -1.39. The highest BCUT2D eigenvalue weighted by Gasteiger charge is 2.45. The Morgan fingerprint density at radius 2 is 1.92 bits per heavy atom. The van der Waals surface area contributed by atoms with Gasteiger partial charge in [-0.25, -0.2) is 0 Å². The van der Waals surface area contributed by atoms with Crippen molar-refractivity contribution in [2.75, 3.05) is 18.8 Å². The zero-order valence-electron chi connectivity index (χ0n) is 14.8. The minimum Gasteiger partial charge on any atom is -0.468 e. The predicted molar refractivity (Wildman–Crippen MR) is 107 cm³/mol. The number of amides is 1. The van der Waals surface area contributed by atoms with Crippen molar-refractivity contribution < 1.29 is 9.21 Å². The SMILES string of the molecule is O=C(N1CCSC(c2ccco2)CC1)C1(c2ccc(Cl)cc2)CCCC1. The van der Waals surface area contributed by atoms with Crippen LogP contribution in [0.4, 0.5) is 0 Å². The van der Waals surface area contributed by atoms with Crippen LogP contribution < -0.4 is 0 Å². The molecule has 26 heavy (non-hydrogen) atoms. The maximum atomic E-state index is 13.6. The fourth-order valence-electron chi connectivity index (χ4n) is 4.35. The molecule has 2 heterocycles. The van der Waals surface area contributed by atoms with Crippen molar-refractivity contribution >= 4 is 29.3 Å². The van der Waals surface area contributed by atoms with Crippen LogP contribution >= 0.6 is 23.4 Å². The third-order valence-electron chi connectivity index (χ3n) is 5.75. The lowest BCUT2D eigenvalue weighted by molar-refractivity contribution is -0.137. The standard InChI is InChI=1S/C21H24ClNO2S/c22-17-7-5-16(6-8-17)21(10-1-2-11-21)20(24)23-12-9-19(26-15-13-23)18-4-3-14-25-18/h3-8,14,19H,1-2,9-13,15H2. The Morgan fingerprint density at radius 1 is 1.15 bits per heavy atom. The summed E-state index contributed by atoms with van der Waals surface area (Å²) in [6.07, 6.45) is 6.80. The Morgan fingerprint density at radius 3 is 2.62 bits per heavy atom. The zero-order valence-corrected chi connectivity index (χ0v) is 16.4. The van der Waals surface area contributed by atoms with Crippen LogP contribution in [0.2, 0.25) is 5.02 Å². The molecule has 0 spiro atoms. The van der Waals surface area contributed by atoms with E-state index in [1.165, 1.54) is 0 Å². The first-order valence-electron chi connectivity index (χ1n) is 9.39. The maximum absolute atomic E-state index is 13.6. The van der Waals surface area contributed by atoms with Crippen LogP contribution in [-0.4, -0.2) is 29.6 Å². The Labute approximate surface area is 164 Å². The van der Waals surface area contributed by atoms with Gasteiger partial charge in [0, 0.05) is 23.9 Å². The molecule has 1 unspecified atom stereocenters. The molecule has 1 atom stereocenters. The van der Waals surface area contributed by atoms with E-state index in [0.717, 1.165) is 67.3 Å². The summed E-state index contributed by atoms with van der Waals surface area (Å²) in [6.45, 7) is 1.61. The van der Waals surface area contributed by atoms with Gasteiger partial charge >= 0.3 is 0 Å². The number of carbonyl (C=O) groups is 1. The highest BCUT2D eigenvalue weighted by molar-refractivity contribution is 7.99. The van der Waals surface area contributed by atoms with Crippen molar-refractivity contribution in [2.24, 2.45) is 0 Å². The summed E-state index contributed by atoms with van der Waals surface area (Å²) in [7, 11) is 0. The van der Waals surface area contributed by atoms with Crippen molar-refractivity contribution in [3.63, 3.8) is 0 Å². The van der Waals surface area contributed by atoms with Gasteiger partial charge in [-0.2, -0.15) is 0 Å². The molecular weight excluding hydrogens is 366 g/mol. The van der Waals surface area contributed by atoms with Gasteiger partial charge < -0.3 is 9.32 Å². The number of hydrogen-bond donors (Lipinski definition) is 0. The summed E-state index contributed by atoms with van der Waals surface area (Å²) in [6, 6.07) is 11.9. The molecule has 2 fully saturated rings. The van der Waals surface area contributed by atoms with Gasteiger partial charge in [0.1, 0.15) is 5.76 Å². The van der Waals surface area contributed by atoms with E-state index >= 15 is 0 Å². The van der Waals surface area contributed by atoms with Crippen LogP contribution in [0.3, 0.4) is 0 Å². The van der Waals surface area contributed by atoms with Gasteiger partial charge in [0.05, 0.1) is 16.9 Å². The Balaban J connectivity index is 1.54. The molecule has 1 amide bonds. The molecule has 0 N–H and O–H groups in total. The van der Waals surface area contributed by atoms with Gasteiger partial charge in [-0.1, -0.05) is 36.6 Å². The van der Waals surface area contributed by atoms with Crippen LogP contribution in [0.15, 0.2) is 47.1 Å². The van der Waals surface area contributed by atoms with Crippen molar-refractivity contribution in [2.45, 2.75) is 42.8 Å². The third kappa shape index (κ3) is 3.41. The summed E-state index contributed by atoms with van der Waals surface area (Å²) in [5.74, 6) is 2.28. The van der Waals surface area contributed by atoms with Crippen molar-refractivity contribution in [3.05, 3.63) is 59.0 Å². The first-order chi connectivity index (χ1) is 12.7. The molecule has 4 rings (SSSR count). The first kappa shape index (κ1) is 18.0. The molecule has 5 heteroatoms. The average molecular weight is 390 g/mol. The monoisotopic (exact) mass is 389 g/mol. The van der Waals surface area contributed by atoms with Gasteiger partial charge in [-0.05, 0) is 49.1 Å². The first-order valence-corrected chi connectivity index (χ1v) is 10.8. The number of furan rings is 1. The third-order valence-corrected chi connectivity index (χ3v) is 7.29. The van der Waals surface area contributed by atoms with Crippen LogP contribution in [0.5, 0.6) is 0 Å². The van der Waals surface area contributed by atoms with E-state index in [0.29, 0.717) is 11.2 Å². The number of rotatable bonds is 3. The molecule has 138 valence electrons. The number of benzene rings is 1. The summed E-state index contributed by atoms with van der Waals surface area (Å²) in [5.41, 5.74) is 0.767. The van der Waals surface area contributed by atoms with E-state index in [-0.39, 0.29) is 5.41 Å². The Bertz CT molecular complexity index is 738. The van der Waals surface area contributed by atoms with Crippen LogP contribution in [0, 0.1) is 0 Å². The smallest absolute Gasteiger partial charge is 0.233 e. The van der Waals surface area contributed by atoms with E-state index in [1.807, 2.05) is 48.2 Å². The molecule has 1 aliphatic heterocycles. The molecule has 1 aliphatic carbocycles. The lowest BCUT2D eigenvalue weighted by atomic mass is 9.77. The molecule has 1 aromatic carbocycles. The summed E-state index contributed by atoms with van der Waals surface area (Å²) in [5, 5.41) is 1.07. The second-order valence-electron chi connectivity index (χ2n) is 7.25. The summed E-state index contributed by atoms with van der Waals surface area (Å²) < 4.78 is 5.59. The van der Waals surface area contributed by atoms with Gasteiger partial charge in [-0.3, -0.25) is 4.79 Å². The van der Waals surface area contributed by atoms with E-state index < -0.39 is 0 Å². The van der Waals surface area contributed by atoms with E-state index in [9.17, 15) is 4.79 Å². The molecule has 2 aromatic rings. The van der Waals surface area contributed by atoms with Gasteiger partial charge in [0.25, 0.3) is 0 Å². The lowest BCUT2D eigenvalue weighted by Crippen LogP contribution is -2.46. The average Bonchev–Trinajstić information content (AvgIpc) is 3.31. The predicted octanol–water partition coefficient (Wildman–Crippen LogP) is 5.45. The minimum absolute atomic E-state index is 0.304. The topological polar surface area (TPSA) is 33.5 Å². The van der Waals surface area contributed by atoms with E-state index in [1.54, 1.807) is 6.26 Å². The highest BCUT2D eigenvalue weighted by Crippen LogP contribution is 2.44. The largest absolute Gasteiger partial charge is 0.468 e. The molecule has 2 aliphatic rings. The fraction of sp³-hybridized carbons (Fsp3) is 0.476. The van der Waals surface area contributed by atoms with E-state index in [2.05, 4.69) is 4.90 Å². The maximum Gasteiger partial charge on any atom is 0.233 e. The van der Waals surface area contributed by atoms with Gasteiger partial charge in [0.2, 0.25) is 5.91 Å². The molecule has 3 nitrogen and oxygen atoms in total. The molecule has 1 saturated heterocycles. The van der Waals surface area contributed by atoms with Crippen molar-refractivity contribution in [1.82, 2.24) is 4.90 Å². The number of nitrogens with zero attached hydrogens (tertiary/aromatic N) is 1.